The van der Waals surface area contributed by atoms with Crippen molar-refractivity contribution >= 4 is 6.29 Å². The van der Waals surface area contributed by atoms with Crippen molar-refractivity contribution in [3.8, 4) is 0 Å². The Hall–Kier alpha value is -1.15. The number of carbonyl (C=O) groups is 1. The molecule has 1 aromatic rings. The van der Waals surface area contributed by atoms with Crippen LogP contribution in [0.25, 0.3) is 0 Å². The molecule has 0 bridgehead atoms. The number of aldehydes is 1. The number of ether oxygens (including phenoxy) is 1. The highest BCUT2D eigenvalue weighted by atomic mass is 16.5. The van der Waals surface area contributed by atoms with E-state index in [1.807, 2.05) is 18.2 Å². The van der Waals surface area contributed by atoms with Crippen LogP contribution < -0.4 is 0 Å². The molecule has 1 fully saturated rings. The van der Waals surface area contributed by atoms with Crippen LogP contribution in [0.15, 0.2) is 30.3 Å². The van der Waals surface area contributed by atoms with Crippen molar-refractivity contribution in [1.82, 2.24) is 0 Å². The Morgan fingerprint density at radius 2 is 1.84 bits per heavy atom. The van der Waals surface area contributed by atoms with Crippen molar-refractivity contribution in [2.24, 2.45) is 17.3 Å². The molecule has 2 atom stereocenters. The van der Waals surface area contributed by atoms with Gasteiger partial charge >= 0.3 is 0 Å². The van der Waals surface area contributed by atoms with E-state index in [0.29, 0.717) is 24.4 Å². The maximum Gasteiger partial charge on any atom is 0.120 e. The van der Waals surface area contributed by atoms with E-state index >= 15 is 0 Å². The third kappa shape index (κ3) is 3.66. The van der Waals surface area contributed by atoms with Crippen LogP contribution >= 0.6 is 0 Å². The summed E-state index contributed by atoms with van der Waals surface area (Å²) in [5.74, 6) is 1.43. The molecular formula is C17H24O2. The first-order valence-electron chi connectivity index (χ1n) is 7.21. The molecule has 1 saturated carbocycles. The molecule has 0 saturated heterocycles. The first-order chi connectivity index (χ1) is 9.16. The zero-order chi connectivity index (χ0) is 13.7. The molecule has 2 nitrogen and oxygen atoms in total. The molecule has 2 unspecified atom stereocenters. The van der Waals surface area contributed by atoms with Gasteiger partial charge in [-0.2, -0.15) is 0 Å². The van der Waals surface area contributed by atoms with Crippen molar-refractivity contribution in [3.05, 3.63) is 35.9 Å². The van der Waals surface area contributed by atoms with Gasteiger partial charge in [-0.3, -0.25) is 0 Å². The van der Waals surface area contributed by atoms with E-state index in [0.717, 1.165) is 31.7 Å². The SMILES string of the molecule is CC1(C)C(CCC=O)C1CCOCc1ccccc1. The predicted molar refractivity (Wildman–Crippen MR) is 76.8 cm³/mol. The molecular weight excluding hydrogens is 236 g/mol. The quantitative estimate of drug-likeness (QED) is 0.524. The van der Waals surface area contributed by atoms with Crippen LogP contribution in [0.5, 0.6) is 0 Å². The summed E-state index contributed by atoms with van der Waals surface area (Å²) in [7, 11) is 0. The highest BCUT2D eigenvalue weighted by molar-refractivity contribution is 5.49. The monoisotopic (exact) mass is 260 g/mol. The summed E-state index contributed by atoms with van der Waals surface area (Å²) in [5.41, 5.74) is 1.63. The zero-order valence-electron chi connectivity index (χ0n) is 12.0. The fourth-order valence-electron chi connectivity index (χ4n) is 3.23. The van der Waals surface area contributed by atoms with Gasteiger partial charge in [0.15, 0.2) is 0 Å². The van der Waals surface area contributed by atoms with Gasteiger partial charge in [0.25, 0.3) is 0 Å². The second-order valence-electron chi connectivity index (χ2n) is 6.11. The Balaban J connectivity index is 1.65. The fourth-order valence-corrected chi connectivity index (χ4v) is 3.23. The maximum absolute atomic E-state index is 10.4. The predicted octanol–water partition coefficient (Wildman–Crippen LogP) is 3.84. The standard InChI is InChI=1S/C17H24O2/c1-17(2)15(9-6-11-18)16(17)10-12-19-13-14-7-4-3-5-8-14/h3-5,7-8,11,15-16H,6,9-10,12-13H2,1-2H3. The molecule has 19 heavy (non-hydrogen) atoms. The van der Waals surface area contributed by atoms with Gasteiger partial charge in [-0.05, 0) is 35.7 Å². The molecule has 1 aromatic carbocycles. The number of hydrogen-bond donors (Lipinski definition) is 0. The minimum Gasteiger partial charge on any atom is -0.377 e. The van der Waals surface area contributed by atoms with E-state index in [1.165, 1.54) is 5.56 Å². The minimum absolute atomic E-state index is 0.402. The molecule has 104 valence electrons. The molecule has 1 aliphatic rings. The Morgan fingerprint density at radius 1 is 1.16 bits per heavy atom. The van der Waals surface area contributed by atoms with Gasteiger partial charge < -0.3 is 9.53 Å². The molecule has 0 amide bonds. The molecule has 0 aromatic heterocycles. The molecule has 0 spiro atoms. The molecule has 1 aliphatic carbocycles. The second kappa shape index (κ2) is 6.33. The lowest BCUT2D eigenvalue weighted by Gasteiger charge is -2.05. The molecule has 2 heteroatoms. The molecule has 0 radical (unpaired) electrons. The van der Waals surface area contributed by atoms with Gasteiger partial charge in [0.1, 0.15) is 6.29 Å². The zero-order valence-corrected chi connectivity index (χ0v) is 12.0. The summed E-state index contributed by atoms with van der Waals surface area (Å²) < 4.78 is 5.75. The Labute approximate surface area is 116 Å². The van der Waals surface area contributed by atoms with Crippen LogP contribution in [-0.2, 0) is 16.1 Å². The molecule has 0 N–H and O–H groups in total. The van der Waals surface area contributed by atoms with Crippen LogP contribution in [-0.4, -0.2) is 12.9 Å². The number of carbonyl (C=O) groups excluding carboxylic acids is 1. The van der Waals surface area contributed by atoms with Gasteiger partial charge in [-0.1, -0.05) is 44.2 Å². The summed E-state index contributed by atoms with van der Waals surface area (Å²) >= 11 is 0. The number of benzene rings is 1. The first-order valence-corrected chi connectivity index (χ1v) is 7.21. The molecule has 0 aliphatic heterocycles. The molecule has 2 rings (SSSR count). The van der Waals surface area contributed by atoms with Gasteiger partial charge in [-0.25, -0.2) is 0 Å². The van der Waals surface area contributed by atoms with Crippen LogP contribution in [0, 0.1) is 17.3 Å². The smallest absolute Gasteiger partial charge is 0.120 e. The van der Waals surface area contributed by atoms with Crippen LogP contribution in [0.4, 0.5) is 0 Å². The van der Waals surface area contributed by atoms with E-state index in [2.05, 4.69) is 26.0 Å². The fraction of sp³-hybridized carbons (Fsp3) is 0.588. The summed E-state index contributed by atoms with van der Waals surface area (Å²) in [4.78, 5) is 10.4. The van der Waals surface area contributed by atoms with Gasteiger partial charge in [-0.15, -0.1) is 0 Å². The summed E-state index contributed by atoms with van der Waals surface area (Å²) in [6.07, 6.45) is 3.90. The topological polar surface area (TPSA) is 26.3 Å². The number of rotatable bonds is 8. The highest BCUT2D eigenvalue weighted by Gasteiger charge is 2.55. The minimum atomic E-state index is 0.402. The van der Waals surface area contributed by atoms with Crippen LogP contribution in [0.3, 0.4) is 0 Å². The average Bonchev–Trinajstić information content (AvgIpc) is 2.94. The van der Waals surface area contributed by atoms with E-state index < -0.39 is 0 Å². The lowest BCUT2D eigenvalue weighted by molar-refractivity contribution is -0.108. The van der Waals surface area contributed by atoms with Gasteiger partial charge in [0, 0.05) is 13.0 Å². The normalized spacial score (nSPS) is 24.1. The summed E-state index contributed by atoms with van der Waals surface area (Å²) in [5, 5.41) is 0. The van der Waals surface area contributed by atoms with E-state index in [1.54, 1.807) is 0 Å². The van der Waals surface area contributed by atoms with Gasteiger partial charge in [0.2, 0.25) is 0 Å². The van der Waals surface area contributed by atoms with Crippen molar-refractivity contribution in [2.75, 3.05) is 6.61 Å². The van der Waals surface area contributed by atoms with E-state index in [-0.39, 0.29) is 0 Å². The molecule has 0 heterocycles. The lowest BCUT2D eigenvalue weighted by atomic mass is 10.1. The van der Waals surface area contributed by atoms with Crippen molar-refractivity contribution in [2.45, 2.75) is 39.7 Å². The largest absolute Gasteiger partial charge is 0.377 e. The van der Waals surface area contributed by atoms with Gasteiger partial charge in [0.05, 0.1) is 6.61 Å². The van der Waals surface area contributed by atoms with Crippen LogP contribution in [0.2, 0.25) is 0 Å². The van der Waals surface area contributed by atoms with Crippen LogP contribution in [0.1, 0.15) is 38.7 Å². The summed E-state index contributed by atoms with van der Waals surface area (Å²) in [6, 6.07) is 10.3. The maximum atomic E-state index is 10.4. The Morgan fingerprint density at radius 3 is 2.53 bits per heavy atom. The first kappa shape index (κ1) is 14.3. The highest BCUT2D eigenvalue weighted by Crippen LogP contribution is 2.61. The third-order valence-corrected chi connectivity index (χ3v) is 4.57. The second-order valence-corrected chi connectivity index (χ2v) is 6.11. The van der Waals surface area contributed by atoms with Crippen molar-refractivity contribution < 1.29 is 9.53 Å². The summed E-state index contributed by atoms with van der Waals surface area (Å²) in [6.45, 7) is 6.14. The van der Waals surface area contributed by atoms with E-state index in [9.17, 15) is 4.79 Å². The Kier molecular flexibility index (Phi) is 4.76. The van der Waals surface area contributed by atoms with E-state index in [4.69, 9.17) is 4.74 Å². The Bertz CT molecular complexity index is 397. The van der Waals surface area contributed by atoms with Crippen molar-refractivity contribution in [1.29, 1.82) is 0 Å². The lowest BCUT2D eigenvalue weighted by Crippen LogP contribution is -1.99. The third-order valence-electron chi connectivity index (χ3n) is 4.57. The van der Waals surface area contributed by atoms with Crippen molar-refractivity contribution in [3.63, 3.8) is 0 Å². The number of hydrogen-bond acceptors (Lipinski definition) is 2. The average molecular weight is 260 g/mol.